The fraction of sp³-hybridized carbons (Fsp3) is 1.00. The third-order valence-electron chi connectivity index (χ3n) is 8.18. The molecule has 0 aromatic rings. The summed E-state index contributed by atoms with van der Waals surface area (Å²) in [6.45, 7) is -3.14. The predicted molar refractivity (Wildman–Crippen MR) is 134 cm³/mol. The maximum absolute atomic E-state index is 10.9. The van der Waals surface area contributed by atoms with Gasteiger partial charge in [0.15, 0.2) is 25.2 Å². The Bertz CT molecular complexity index is 912. The van der Waals surface area contributed by atoms with Crippen molar-refractivity contribution in [3.05, 3.63) is 0 Å². The van der Waals surface area contributed by atoms with Gasteiger partial charge in [0.25, 0.3) is 0 Å². The van der Waals surface area contributed by atoms with Crippen molar-refractivity contribution in [3.8, 4) is 0 Å². The molecule has 21 nitrogen and oxygen atoms in total. The van der Waals surface area contributed by atoms with Gasteiger partial charge in [0.05, 0.1) is 26.4 Å². The first-order valence-electron chi connectivity index (χ1n) is 14.1. The summed E-state index contributed by atoms with van der Waals surface area (Å²) in [5.41, 5.74) is 0. The van der Waals surface area contributed by atoms with Crippen LogP contribution in [0.5, 0.6) is 0 Å². The molecule has 0 bridgehead atoms. The monoisotopic (exact) mass is 666 g/mol. The summed E-state index contributed by atoms with van der Waals surface area (Å²) < 4.78 is 37.5. The van der Waals surface area contributed by atoms with Crippen LogP contribution in [0, 0.1) is 0 Å². The van der Waals surface area contributed by atoms with Crippen molar-refractivity contribution in [3.63, 3.8) is 0 Å². The molecule has 1 unspecified atom stereocenters. The van der Waals surface area contributed by atoms with Gasteiger partial charge in [-0.1, -0.05) is 0 Å². The van der Waals surface area contributed by atoms with E-state index in [4.69, 9.17) is 33.2 Å². The summed E-state index contributed by atoms with van der Waals surface area (Å²) in [4.78, 5) is 0. The van der Waals surface area contributed by atoms with Gasteiger partial charge in [0, 0.05) is 0 Å². The Morgan fingerprint density at radius 3 is 1.31 bits per heavy atom. The average Bonchev–Trinajstić information content (AvgIpc) is 3.03. The minimum Gasteiger partial charge on any atom is -0.394 e. The molecular weight excluding hydrogens is 624 g/mol. The molecule has 4 aliphatic heterocycles. The molecule has 14 N–H and O–H groups in total. The second kappa shape index (κ2) is 15.6. The van der Waals surface area contributed by atoms with Crippen LogP contribution in [0.15, 0.2) is 0 Å². The van der Waals surface area contributed by atoms with Gasteiger partial charge in [-0.3, -0.25) is 0 Å². The molecule has 0 spiro atoms. The van der Waals surface area contributed by atoms with Gasteiger partial charge >= 0.3 is 0 Å². The van der Waals surface area contributed by atoms with E-state index in [2.05, 4.69) is 0 Å². The Morgan fingerprint density at radius 1 is 0.378 bits per heavy atom. The van der Waals surface area contributed by atoms with Crippen molar-refractivity contribution >= 4 is 0 Å². The van der Waals surface area contributed by atoms with E-state index in [0.29, 0.717) is 0 Å². The molecule has 4 saturated heterocycles. The lowest BCUT2D eigenvalue weighted by molar-refractivity contribution is -0.380. The van der Waals surface area contributed by atoms with Gasteiger partial charge in [-0.15, -0.1) is 0 Å². The van der Waals surface area contributed by atoms with Crippen LogP contribution in [0.3, 0.4) is 0 Å². The van der Waals surface area contributed by atoms with Gasteiger partial charge in [0.1, 0.15) is 97.7 Å². The molecule has 4 rings (SSSR count). The Hall–Kier alpha value is -0.840. The molecule has 0 saturated carbocycles. The first kappa shape index (κ1) is 37.0. The molecule has 0 radical (unpaired) electrons. The summed E-state index contributed by atoms with van der Waals surface area (Å²) in [5, 5.41) is 142. The highest BCUT2D eigenvalue weighted by Gasteiger charge is 2.53. The highest BCUT2D eigenvalue weighted by molar-refractivity contribution is 4.96. The van der Waals surface area contributed by atoms with Gasteiger partial charge in [-0.25, -0.2) is 0 Å². The van der Waals surface area contributed by atoms with Crippen molar-refractivity contribution < 1.29 is 105 Å². The first-order chi connectivity index (χ1) is 21.2. The lowest BCUT2D eigenvalue weighted by Crippen LogP contribution is -2.66. The van der Waals surface area contributed by atoms with Gasteiger partial charge in [-0.05, 0) is 0 Å². The van der Waals surface area contributed by atoms with Crippen LogP contribution in [0.1, 0.15) is 0 Å². The zero-order valence-corrected chi connectivity index (χ0v) is 23.5. The van der Waals surface area contributed by atoms with E-state index in [0.717, 1.165) is 0 Å². The molecule has 0 amide bonds. The molecule has 4 heterocycles. The molecule has 45 heavy (non-hydrogen) atoms. The highest BCUT2D eigenvalue weighted by atomic mass is 16.8. The summed E-state index contributed by atoms with van der Waals surface area (Å²) in [6.07, 6.45) is -35.0. The number of rotatable bonds is 10. The maximum Gasteiger partial charge on any atom is 0.187 e. The highest BCUT2D eigenvalue weighted by Crippen LogP contribution is 2.32. The Labute approximate surface area is 254 Å². The minimum atomic E-state index is -2.00. The maximum atomic E-state index is 10.9. The molecular formula is C24H42O21. The molecule has 4 fully saturated rings. The summed E-state index contributed by atoms with van der Waals surface area (Å²) in [7, 11) is 0. The fourth-order valence-corrected chi connectivity index (χ4v) is 5.44. The summed E-state index contributed by atoms with van der Waals surface area (Å²) in [5.74, 6) is 0. The topological polar surface area (TPSA) is 348 Å². The molecule has 0 aromatic carbocycles. The lowest BCUT2D eigenvalue weighted by atomic mass is 9.96. The third kappa shape index (κ3) is 7.59. The Balaban J connectivity index is 1.41. The van der Waals surface area contributed by atoms with Crippen LogP contribution in [0.4, 0.5) is 0 Å². The smallest absolute Gasteiger partial charge is 0.187 e. The Morgan fingerprint density at radius 2 is 0.778 bits per heavy atom. The van der Waals surface area contributed by atoms with Crippen LogP contribution < -0.4 is 0 Å². The van der Waals surface area contributed by atoms with Crippen molar-refractivity contribution in [1.29, 1.82) is 0 Å². The van der Waals surface area contributed by atoms with Gasteiger partial charge in [-0.2, -0.15) is 0 Å². The van der Waals surface area contributed by atoms with Crippen LogP contribution in [0.2, 0.25) is 0 Å². The zero-order valence-electron chi connectivity index (χ0n) is 23.5. The van der Waals surface area contributed by atoms with E-state index >= 15 is 0 Å². The van der Waals surface area contributed by atoms with Crippen molar-refractivity contribution in [1.82, 2.24) is 0 Å². The normalized spacial score (nSPS) is 52.9. The second-order valence-electron chi connectivity index (χ2n) is 11.2. The molecule has 264 valence electrons. The molecule has 0 aliphatic carbocycles. The van der Waals surface area contributed by atoms with E-state index in [1.54, 1.807) is 0 Å². The number of ether oxygens (including phenoxy) is 7. The fourth-order valence-electron chi connectivity index (χ4n) is 5.44. The minimum absolute atomic E-state index is 0.683. The standard InChI is InChI=1S/C24H42O21/c25-1-5-9(28)11(30)16(35)22(41-5)39-4-8-10(29)12(31)17(36)23(43-8)45-20-7(3-27)42-24(18(37)14(20)33)44-19-6(2-26)40-21(38)15(34)13(19)32/h5-38H,1-4H2/t5-,6-,7-,8-,9+,10-,11+,12+,13-,14-,15-,16-,17-,18-,19-,20-,21?,22+,23-,24+/m1/s1. The largest absolute Gasteiger partial charge is 0.394 e. The van der Waals surface area contributed by atoms with Crippen LogP contribution in [-0.2, 0) is 33.2 Å². The molecule has 20 atom stereocenters. The zero-order chi connectivity index (χ0) is 33.3. The van der Waals surface area contributed by atoms with Crippen molar-refractivity contribution in [2.24, 2.45) is 0 Å². The van der Waals surface area contributed by atoms with E-state index in [9.17, 15) is 71.5 Å². The number of aliphatic hydroxyl groups excluding tert-OH is 14. The quantitative estimate of drug-likeness (QED) is 0.103. The lowest BCUT2D eigenvalue weighted by Gasteiger charge is -2.48. The van der Waals surface area contributed by atoms with Crippen molar-refractivity contribution in [2.75, 3.05) is 26.4 Å². The van der Waals surface area contributed by atoms with Crippen molar-refractivity contribution in [2.45, 2.75) is 123 Å². The Kier molecular flexibility index (Phi) is 12.8. The van der Waals surface area contributed by atoms with Crippen LogP contribution in [0.25, 0.3) is 0 Å². The number of aliphatic hydroxyl groups is 14. The molecule has 21 heteroatoms. The summed E-state index contributed by atoms with van der Waals surface area (Å²) >= 11 is 0. The van der Waals surface area contributed by atoms with E-state index in [1.165, 1.54) is 0 Å². The second-order valence-corrected chi connectivity index (χ2v) is 11.2. The van der Waals surface area contributed by atoms with Crippen LogP contribution >= 0.6 is 0 Å². The van der Waals surface area contributed by atoms with Gasteiger partial charge < -0.3 is 105 Å². The third-order valence-corrected chi connectivity index (χ3v) is 8.18. The first-order valence-corrected chi connectivity index (χ1v) is 14.1. The van der Waals surface area contributed by atoms with E-state index in [-0.39, 0.29) is 0 Å². The SMILES string of the molecule is OC[C@H]1O[C@H](OC[C@H]2O[C@H](O[C@H]3[C@H](O)[C@@H](O)[C@H](O[C@H]4[C@H](O)[C@@H](O)C(O)O[C@@H]4CO)O[C@@H]3CO)[C@H](O)[C@@H](O)[C@@H]2O)[C@H](O)[C@@H](O)[C@H]1O. The van der Waals surface area contributed by atoms with E-state index in [1.807, 2.05) is 0 Å². The number of hydrogen-bond acceptors (Lipinski definition) is 21. The molecule has 0 aromatic heterocycles. The summed E-state index contributed by atoms with van der Waals surface area (Å²) in [6, 6.07) is 0. The predicted octanol–water partition coefficient (Wildman–Crippen LogP) is -9.75. The number of hydrogen-bond donors (Lipinski definition) is 14. The van der Waals surface area contributed by atoms with Gasteiger partial charge in [0.2, 0.25) is 0 Å². The average molecular weight is 667 g/mol. The molecule has 4 aliphatic rings. The van der Waals surface area contributed by atoms with E-state index < -0.39 is 149 Å². The van der Waals surface area contributed by atoms with Crippen LogP contribution in [-0.4, -0.2) is 221 Å².